The molecule has 0 aliphatic rings. The van der Waals surface area contributed by atoms with Crippen LogP contribution in [0.4, 0.5) is 0 Å². The molecule has 1 aromatic heterocycles. The smallest absolute Gasteiger partial charge is 0.275 e. The number of thiophene rings is 1. The third-order valence-electron chi connectivity index (χ3n) is 2.65. The number of para-hydroxylation sites is 1. The summed E-state index contributed by atoms with van der Waals surface area (Å²) >= 11 is 1.37. The molecule has 0 spiro atoms. The summed E-state index contributed by atoms with van der Waals surface area (Å²) in [5.74, 6) is 5.64. The van der Waals surface area contributed by atoms with Gasteiger partial charge in [0.15, 0.2) is 0 Å². The first-order chi connectivity index (χ1) is 9.74. The highest BCUT2D eigenvalue weighted by Crippen LogP contribution is 2.23. The quantitative estimate of drug-likeness (QED) is 0.505. The number of hydrazine groups is 1. The first-order valence-corrected chi connectivity index (χ1v) is 7.00. The molecule has 3 N–H and O–H groups in total. The summed E-state index contributed by atoms with van der Waals surface area (Å²) in [6.45, 7) is 2.39. The second-order valence-corrected chi connectivity index (χ2v) is 5.23. The number of benzene rings is 1. The molecular formula is C15H16N2O2S. The molecule has 1 heterocycles. The van der Waals surface area contributed by atoms with E-state index in [0.29, 0.717) is 11.5 Å². The van der Waals surface area contributed by atoms with Crippen LogP contribution in [-0.2, 0) is 6.61 Å². The summed E-state index contributed by atoms with van der Waals surface area (Å²) in [4.78, 5) is 12.9. The summed E-state index contributed by atoms with van der Waals surface area (Å²) in [7, 11) is 0. The van der Waals surface area contributed by atoms with Crippen LogP contribution < -0.4 is 16.0 Å². The molecule has 2 rings (SSSR count). The average Bonchev–Trinajstić information content (AvgIpc) is 2.95. The molecule has 1 aromatic carbocycles. The lowest BCUT2D eigenvalue weighted by Crippen LogP contribution is -2.29. The summed E-state index contributed by atoms with van der Waals surface area (Å²) in [5.41, 5.74) is 3.15. The molecule has 5 heteroatoms. The van der Waals surface area contributed by atoms with E-state index in [0.717, 1.165) is 16.2 Å². The van der Waals surface area contributed by atoms with Crippen LogP contribution in [0.1, 0.15) is 27.0 Å². The lowest BCUT2D eigenvalue weighted by Gasteiger charge is -2.07. The fraction of sp³-hybridized carbons (Fsp3) is 0.133. The average molecular weight is 288 g/mol. The van der Waals surface area contributed by atoms with Crippen molar-refractivity contribution in [1.29, 1.82) is 0 Å². The van der Waals surface area contributed by atoms with Gasteiger partial charge in [-0.1, -0.05) is 30.4 Å². The largest absolute Gasteiger partial charge is 0.487 e. The van der Waals surface area contributed by atoms with Gasteiger partial charge in [0.25, 0.3) is 5.91 Å². The zero-order chi connectivity index (χ0) is 14.4. The van der Waals surface area contributed by atoms with E-state index < -0.39 is 0 Å². The number of hydrogen-bond donors (Lipinski definition) is 2. The van der Waals surface area contributed by atoms with E-state index in [1.54, 1.807) is 6.07 Å². The molecule has 0 bridgehead atoms. The highest BCUT2D eigenvalue weighted by Gasteiger charge is 2.08. The van der Waals surface area contributed by atoms with E-state index in [9.17, 15) is 4.79 Å². The van der Waals surface area contributed by atoms with Crippen molar-refractivity contribution in [3.63, 3.8) is 0 Å². The number of carbonyl (C=O) groups is 1. The van der Waals surface area contributed by atoms with Crippen LogP contribution in [0.25, 0.3) is 6.08 Å². The van der Waals surface area contributed by atoms with Crippen molar-refractivity contribution in [2.24, 2.45) is 5.84 Å². The van der Waals surface area contributed by atoms with Crippen molar-refractivity contribution in [3.8, 4) is 5.75 Å². The van der Waals surface area contributed by atoms with Gasteiger partial charge in [-0.3, -0.25) is 10.2 Å². The molecule has 0 atom stereocenters. The van der Waals surface area contributed by atoms with E-state index in [1.165, 1.54) is 11.3 Å². The van der Waals surface area contributed by atoms with E-state index in [1.807, 2.05) is 49.4 Å². The normalized spacial score (nSPS) is 10.7. The molecule has 0 aliphatic heterocycles. The second-order valence-electron chi connectivity index (χ2n) is 4.07. The minimum atomic E-state index is -0.282. The van der Waals surface area contributed by atoms with Crippen molar-refractivity contribution in [2.75, 3.05) is 0 Å². The summed E-state index contributed by atoms with van der Waals surface area (Å²) in [6, 6.07) is 11.4. The Labute approximate surface area is 121 Å². The SMILES string of the molecule is CC=Cc1ccccc1OCc1ccc(C(=O)NN)s1. The van der Waals surface area contributed by atoms with Gasteiger partial charge < -0.3 is 4.74 Å². The zero-order valence-electron chi connectivity index (χ0n) is 11.1. The molecule has 104 valence electrons. The fourth-order valence-electron chi connectivity index (χ4n) is 1.73. The number of amides is 1. The Morgan fingerprint density at radius 1 is 1.35 bits per heavy atom. The molecule has 0 saturated heterocycles. The lowest BCUT2D eigenvalue weighted by atomic mass is 10.2. The van der Waals surface area contributed by atoms with Crippen LogP contribution in [0.15, 0.2) is 42.5 Å². The Morgan fingerprint density at radius 2 is 2.15 bits per heavy atom. The maximum Gasteiger partial charge on any atom is 0.275 e. The number of carbonyl (C=O) groups excluding carboxylic acids is 1. The molecule has 0 aliphatic carbocycles. The summed E-state index contributed by atoms with van der Waals surface area (Å²) in [5, 5.41) is 0. The first-order valence-electron chi connectivity index (χ1n) is 6.18. The third kappa shape index (κ3) is 3.46. The number of ether oxygens (including phenoxy) is 1. The summed E-state index contributed by atoms with van der Waals surface area (Å²) < 4.78 is 5.80. The number of nitrogen functional groups attached to an aromatic ring is 1. The van der Waals surface area contributed by atoms with Crippen LogP contribution in [0, 0.1) is 0 Å². The van der Waals surface area contributed by atoms with Gasteiger partial charge in [0.2, 0.25) is 0 Å². The van der Waals surface area contributed by atoms with Gasteiger partial charge in [-0.2, -0.15) is 0 Å². The van der Waals surface area contributed by atoms with Crippen LogP contribution in [0.5, 0.6) is 5.75 Å². The predicted octanol–water partition coefficient (Wildman–Crippen LogP) is 2.96. The van der Waals surface area contributed by atoms with Crippen LogP contribution >= 0.6 is 11.3 Å². The minimum Gasteiger partial charge on any atom is -0.487 e. The van der Waals surface area contributed by atoms with Crippen molar-refractivity contribution in [1.82, 2.24) is 5.43 Å². The van der Waals surface area contributed by atoms with Gasteiger partial charge in [0.1, 0.15) is 12.4 Å². The van der Waals surface area contributed by atoms with Gasteiger partial charge in [-0.15, -0.1) is 11.3 Å². The number of nitrogens with two attached hydrogens (primary N) is 1. The van der Waals surface area contributed by atoms with Gasteiger partial charge in [-0.05, 0) is 25.1 Å². The van der Waals surface area contributed by atoms with Gasteiger partial charge in [0.05, 0.1) is 4.88 Å². The minimum absolute atomic E-state index is 0.282. The molecule has 0 fully saturated rings. The van der Waals surface area contributed by atoms with Gasteiger partial charge >= 0.3 is 0 Å². The Bertz CT molecular complexity index is 620. The molecular weight excluding hydrogens is 272 g/mol. The van der Waals surface area contributed by atoms with E-state index in [2.05, 4.69) is 5.43 Å². The van der Waals surface area contributed by atoms with Gasteiger partial charge in [0, 0.05) is 10.4 Å². The number of allylic oxidation sites excluding steroid dienone is 1. The van der Waals surface area contributed by atoms with Crippen LogP contribution in [-0.4, -0.2) is 5.91 Å². The molecule has 0 radical (unpaired) electrons. The van der Waals surface area contributed by atoms with Crippen molar-refractivity contribution < 1.29 is 9.53 Å². The van der Waals surface area contributed by atoms with Crippen molar-refractivity contribution in [2.45, 2.75) is 13.5 Å². The van der Waals surface area contributed by atoms with E-state index in [4.69, 9.17) is 10.6 Å². The lowest BCUT2D eigenvalue weighted by molar-refractivity contribution is 0.0957. The second kappa shape index (κ2) is 6.88. The third-order valence-corrected chi connectivity index (χ3v) is 3.71. The maximum atomic E-state index is 11.4. The fourth-order valence-corrected chi connectivity index (χ4v) is 2.55. The van der Waals surface area contributed by atoms with E-state index >= 15 is 0 Å². The maximum absolute atomic E-state index is 11.4. The predicted molar refractivity (Wildman–Crippen MR) is 81.5 cm³/mol. The van der Waals surface area contributed by atoms with Crippen LogP contribution in [0.3, 0.4) is 0 Å². The zero-order valence-corrected chi connectivity index (χ0v) is 11.9. The number of rotatable bonds is 5. The Morgan fingerprint density at radius 3 is 2.90 bits per heavy atom. The molecule has 20 heavy (non-hydrogen) atoms. The highest BCUT2D eigenvalue weighted by atomic mass is 32.1. The Balaban J connectivity index is 2.05. The van der Waals surface area contributed by atoms with Crippen LogP contribution in [0.2, 0.25) is 0 Å². The molecule has 4 nitrogen and oxygen atoms in total. The van der Waals surface area contributed by atoms with E-state index in [-0.39, 0.29) is 5.91 Å². The molecule has 1 amide bonds. The summed E-state index contributed by atoms with van der Waals surface area (Å²) in [6.07, 6.45) is 3.97. The standard InChI is InChI=1S/C15H16N2O2S/c1-2-5-11-6-3-4-7-13(11)19-10-12-8-9-14(20-12)15(18)17-16/h2-9H,10,16H2,1H3,(H,17,18). The molecule has 2 aromatic rings. The Hall–Kier alpha value is -2.11. The number of nitrogens with one attached hydrogen (secondary N) is 1. The highest BCUT2D eigenvalue weighted by molar-refractivity contribution is 7.14. The molecule has 0 saturated carbocycles. The topological polar surface area (TPSA) is 64.3 Å². The van der Waals surface area contributed by atoms with Crippen molar-refractivity contribution in [3.05, 3.63) is 57.8 Å². The first kappa shape index (κ1) is 14.3. The van der Waals surface area contributed by atoms with Gasteiger partial charge in [-0.25, -0.2) is 5.84 Å². The molecule has 0 unspecified atom stereocenters. The Kier molecular flexibility index (Phi) is 4.92. The number of hydrogen-bond acceptors (Lipinski definition) is 4. The van der Waals surface area contributed by atoms with Crippen molar-refractivity contribution >= 4 is 23.3 Å². The monoisotopic (exact) mass is 288 g/mol.